The van der Waals surface area contributed by atoms with E-state index in [1.165, 1.54) is 6.07 Å². The van der Waals surface area contributed by atoms with E-state index in [0.717, 1.165) is 5.56 Å². The number of para-hydroxylation sites is 1. The quantitative estimate of drug-likeness (QED) is 0.456. The Kier molecular flexibility index (Phi) is 6.37. The van der Waals surface area contributed by atoms with E-state index in [1.54, 1.807) is 54.4 Å². The SMILES string of the molecule is Cc1cc(O)c(C(c2cccnc2)N2CCN(c3ccccc3F)CC2)c(=O)n1Cc1ccco1. The van der Waals surface area contributed by atoms with E-state index in [4.69, 9.17) is 4.42 Å². The molecule has 1 atom stereocenters. The smallest absolute Gasteiger partial charge is 0.260 e. The molecular formula is C27H27FN4O3. The van der Waals surface area contributed by atoms with Gasteiger partial charge in [-0.2, -0.15) is 0 Å². The van der Waals surface area contributed by atoms with Crippen molar-refractivity contribution in [2.24, 2.45) is 0 Å². The number of nitrogens with zero attached hydrogens (tertiary/aromatic N) is 4. The molecule has 0 radical (unpaired) electrons. The first-order valence-electron chi connectivity index (χ1n) is 11.6. The van der Waals surface area contributed by atoms with Crippen LogP contribution >= 0.6 is 0 Å². The molecule has 1 unspecified atom stereocenters. The molecule has 5 rings (SSSR count). The largest absolute Gasteiger partial charge is 0.507 e. The Morgan fingerprint density at radius 1 is 1.09 bits per heavy atom. The van der Waals surface area contributed by atoms with Crippen LogP contribution in [0.4, 0.5) is 10.1 Å². The van der Waals surface area contributed by atoms with Crippen molar-refractivity contribution in [3.8, 4) is 5.75 Å². The monoisotopic (exact) mass is 474 g/mol. The Balaban J connectivity index is 1.52. The first-order valence-corrected chi connectivity index (χ1v) is 11.6. The lowest BCUT2D eigenvalue weighted by atomic mass is 9.97. The number of pyridine rings is 2. The first-order chi connectivity index (χ1) is 17.0. The van der Waals surface area contributed by atoms with E-state index in [0.29, 0.717) is 48.9 Å². The summed E-state index contributed by atoms with van der Waals surface area (Å²) < 4.78 is 21.4. The molecular weight excluding hydrogens is 447 g/mol. The van der Waals surface area contributed by atoms with Gasteiger partial charge in [-0.3, -0.25) is 14.7 Å². The van der Waals surface area contributed by atoms with E-state index in [-0.39, 0.29) is 23.7 Å². The zero-order valence-corrected chi connectivity index (χ0v) is 19.5. The van der Waals surface area contributed by atoms with Crippen molar-refractivity contribution >= 4 is 5.69 Å². The highest BCUT2D eigenvalue weighted by atomic mass is 19.1. The number of hydrogen-bond acceptors (Lipinski definition) is 6. The van der Waals surface area contributed by atoms with Gasteiger partial charge in [0.05, 0.1) is 30.1 Å². The fraction of sp³-hybridized carbons (Fsp3) is 0.259. The van der Waals surface area contributed by atoms with Gasteiger partial charge < -0.3 is 19.0 Å². The second-order valence-corrected chi connectivity index (χ2v) is 8.72. The summed E-state index contributed by atoms with van der Waals surface area (Å²) in [5, 5.41) is 11.0. The fourth-order valence-electron chi connectivity index (χ4n) is 4.81. The Hall–Kier alpha value is -3.91. The van der Waals surface area contributed by atoms with Gasteiger partial charge in [-0.15, -0.1) is 0 Å². The van der Waals surface area contributed by atoms with Gasteiger partial charge in [0.25, 0.3) is 5.56 Å². The number of piperazine rings is 1. The number of furan rings is 1. The highest BCUT2D eigenvalue weighted by Gasteiger charge is 2.32. The molecule has 35 heavy (non-hydrogen) atoms. The molecule has 0 aliphatic carbocycles. The van der Waals surface area contributed by atoms with Gasteiger partial charge in [0.2, 0.25) is 0 Å². The van der Waals surface area contributed by atoms with Crippen molar-refractivity contribution in [2.45, 2.75) is 19.5 Å². The molecule has 7 nitrogen and oxygen atoms in total. The van der Waals surface area contributed by atoms with E-state index in [2.05, 4.69) is 9.88 Å². The molecule has 1 aromatic carbocycles. The van der Waals surface area contributed by atoms with Crippen molar-refractivity contribution in [1.29, 1.82) is 0 Å². The number of hydrogen-bond donors (Lipinski definition) is 1. The maximum absolute atomic E-state index is 14.4. The van der Waals surface area contributed by atoms with Gasteiger partial charge in [-0.05, 0) is 48.9 Å². The molecule has 1 fully saturated rings. The van der Waals surface area contributed by atoms with Crippen LogP contribution in [-0.4, -0.2) is 45.7 Å². The van der Waals surface area contributed by atoms with Crippen LogP contribution < -0.4 is 10.5 Å². The zero-order valence-electron chi connectivity index (χ0n) is 19.5. The van der Waals surface area contributed by atoms with Crippen LogP contribution in [0.1, 0.15) is 28.6 Å². The fourth-order valence-corrected chi connectivity index (χ4v) is 4.81. The Morgan fingerprint density at radius 3 is 2.57 bits per heavy atom. The maximum Gasteiger partial charge on any atom is 0.260 e. The molecule has 0 saturated carbocycles. The van der Waals surface area contributed by atoms with Crippen LogP contribution in [0.25, 0.3) is 0 Å². The summed E-state index contributed by atoms with van der Waals surface area (Å²) in [7, 11) is 0. The summed E-state index contributed by atoms with van der Waals surface area (Å²) in [5.74, 6) is 0.360. The van der Waals surface area contributed by atoms with Crippen LogP contribution in [0, 0.1) is 12.7 Å². The third-order valence-corrected chi connectivity index (χ3v) is 6.56. The Morgan fingerprint density at radius 2 is 1.89 bits per heavy atom. The first kappa shape index (κ1) is 22.9. The van der Waals surface area contributed by atoms with Gasteiger partial charge in [0.15, 0.2) is 0 Å². The van der Waals surface area contributed by atoms with Crippen LogP contribution in [0.3, 0.4) is 0 Å². The summed E-state index contributed by atoms with van der Waals surface area (Å²) in [5.41, 5.74) is 2.05. The maximum atomic E-state index is 14.4. The van der Waals surface area contributed by atoms with Gasteiger partial charge in [0, 0.05) is 44.3 Å². The molecule has 0 amide bonds. The van der Waals surface area contributed by atoms with Crippen LogP contribution in [0.2, 0.25) is 0 Å². The highest BCUT2D eigenvalue weighted by molar-refractivity contribution is 5.48. The normalized spacial score (nSPS) is 15.3. The lowest BCUT2D eigenvalue weighted by Crippen LogP contribution is -2.49. The number of aromatic nitrogens is 2. The summed E-state index contributed by atoms with van der Waals surface area (Å²) in [6.07, 6.45) is 4.98. The predicted octanol–water partition coefficient (Wildman–Crippen LogP) is 3.95. The molecule has 1 saturated heterocycles. The standard InChI is InChI=1S/C27H27FN4O3/c1-19-16-24(33)25(27(34)32(19)18-21-7-5-15-35-21)26(20-6-4-10-29-17-20)31-13-11-30(12-14-31)23-9-3-2-8-22(23)28/h2-10,15-17,26,33H,11-14,18H2,1H3. The Labute approximate surface area is 202 Å². The van der Waals surface area contributed by atoms with E-state index in [1.807, 2.05) is 29.2 Å². The summed E-state index contributed by atoms with van der Waals surface area (Å²) >= 11 is 0. The molecule has 1 N–H and O–H groups in total. The molecule has 1 aliphatic rings. The van der Waals surface area contributed by atoms with Crippen molar-refractivity contribution in [1.82, 2.24) is 14.5 Å². The second-order valence-electron chi connectivity index (χ2n) is 8.72. The lowest BCUT2D eigenvalue weighted by Gasteiger charge is -2.40. The zero-order chi connectivity index (χ0) is 24.4. The minimum Gasteiger partial charge on any atom is -0.507 e. The number of benzene rings is 1. The number of halogens is 1. The summed E-state index contributed by atoms with van der Waals surface area (Å²) in [6.45, 7) is 4.40. The van der Waals surface area contributed by atoms with Crippen molar-refractivity contribution < 1.29 is 13.9 Å². The number of anilines is 1. The minimum absolute atomic E-state index is 0.0476. The molecule has 3 aromatic heterocycles. The molecule has 1 aliphatic heterocycles. The van der Waals surface area contributed by atoms with Crippen molar-refractivity contribution in [3.63, 3.8) is 0 Å². The van der Waals surface area contributed by atoms with Gasteiger partial charge in [-0.1, -0.05) is 18.2 Å². The molecule has 8 heteroatoms. The average Bonchev–Trinajstić information content (AvgIpc) is 3.39. The third kappa shape index (κ3) is 4.57. The van der Waals surface area contributed by atoms with Crippen LogP contribution in [-0.2, 0) is 6.54 Å². The molecule has 4 heterocycles. The minimum atomic E-state index is -0.498. The average molecular weight is 475 g/mol. The predicted molar refractivity (Wildman–Crippen MR) is 131 cm³/mol. The van der Waals surface area contributed by atoms with Gasteiger partial charge >= 0.3 is 0 Å². The lowest BCUT2D eigenvalue weighted by molar-refractivity contribution is 0.206. The number of aromatic hydroxyl groups is 1. The molecule has 0 spiro atoms. The second kappa shape index (κ2) is 9.76. The molecule has 0 bridgehead atoms. The topological polar surface area (TPSA) is 74.7 Å². The highest BCUT2D eigenvalue weighted by Crippen LogP contribution is 2.33. The van der Waals surface area contributed by atoms with E-state index < -0.39 is 6.04 Å². The summed E-state index contributed by atoms with van der Waals surface area (Å²) in [6, 6.07) is 15.2. The van der Waals surface area contributed by atoms with Crippen LogP contribution in [0.5, 0.6) is 5.75 Å². The van der Waals surface area contributed by atoms with Crippen LogP contribution in [0.15, 0.2) is 82.5 Å². The number of rotatable bonds is 6. The van der Waals surface area contributed by atoms with Crippen molar-refractivity contribution in [3.05, 3.63) is 112 Å². The molecule has 4 aromatic rings. The van der Waals surface area contributed by atoms with E-state index >= 15 is 0 Å². The Bertz CT molecular complexity index is 1350. The number of aryl methyl sites for hydroxylation is 1. The molecule has 180 valence electrons. The third-order valence-electron chi connectivity index (χ3n) is 6.56. The van der Waals surface area contributed by atoms with Gasteiger partial charge in [0.1, 0.15) is 17.3 Å². The van der Waals surface area contributed by atoms with Crippen molar-refractivity contribution in [2.75, 3.05) is 31.1 Å². The van der Waals surface area contributed by atoms with Gasteiger partial charge in [-0.25, -0.2) is 4.39 Å². The van der Waals surface area contributed by atoms with E-state index in [9.17, 15) is 14.3 Å². The summed E-state index contributed by atoms with van der Waals surface area (Å²) in [4.78, 5) is 22.2.